The van der Waals surface area contributed by atoms with E-state index in [1.807, 2.05) is 0 Å². The molecule has 2 rings (SSSR count). The maximum absolute atomic E-state index is 12.4. The summed E-state index contributed by atoms with van der Waals surface area (Å²) in [5.41, 5.74) is 4.62. The maximum Gasteiger partial charge on any atom is 0.481 e. The van der Waals surface area contributed by atoms with Crippen molar-refractivity contribution in [3.8, 4) is 0 Å². The topological polar surface area (TPSA) is 244 Å². The number of anilines is 1. The molecule has 0 bridgehead atoms. The molecule has 32 heavy (non-hydrogen) atoms. The van der Waals surface area contributed by atoms with Crippen LogP contribution in [0.2, 0.25) is 0 Å². The fraction of sp³-hybridized carbons (Fsp3) is 0.714. The number of hydrogen-bond acceptors (Lipinski definition) is 11. The number of phosphoric acid groups is 2. The number of nitrogens with zero attached hydrogens (tertiary/aromatic N) is 3. The molecule has 0 radical (unpaired) electrons. The monoisotopic (exact) mass is 505 g/mol. The molecule has 1 aliphatic heterocycles. The first kappa shape index (κ1) is 27.0. The van der Waals surface area contributed by atoms with Crippen molar-refractivity contribution >= 4 is 21.5 Å². The van der Waals surface area contributed by atoms with Crippen LogP contribution in [-0.4, -0.2) is 96.6 Å². The minimum atomic E-state index is -5.41. The number of nitrogen functional groups attached to an aromatic ring is 1. The molecule has 0 aromatic carbocycles. The van der Waals surface area contributed by atoms with Crippen LogP contribution in [0.1, 0.15) is 17.9 Å². The Bertz CT molecular complexity index is 975. The summed E-state index contributed by atoms with van der Waals surface area (Å²) in [5, 5.41) is 29.4. The fourth-order valence-corrected chi connectivity index (χ4v) is 4.77. The fourth-order valence-electron chi connectivity index (χ4n) is 3.04. The molecule has 8 N–H and O–H groups in total. The van der Waals surface area contributed by atoms with Gasteiger partial charge in [-0.15, -0.1) is 0 Å². The molecule has 16 nitrogen and oxygen atoms in total. The lowest BCUT2D eigenvalue weighted by Crippen LogP contribution is -2.40. The van der Waals surface area contributed by atoms with Gasteiger partial charge in [0, 0.05) is 11.8 Å². The van der Waals surface area contributed by atoms with Crippen LogP contribution >= 0.6 is 15.6 Å². The number of aliphatic hydroxyl groups is 3. The average molecular weight is 505 g/mol. The van der Waals surface area contributed by atoms with Gasteiger partial charge in [0.1, 0.15) is 36.8 Å². The molecule has 1 aliphatic rings. The molecule has 1 saturated heterocycles. The minimum absolute atomic E-state index is 0.0903. The molecule has 184 valence electrons. The van der Waals surface area contributed by atoms with E-state index in [1.54, 1.807) is 21.1 Å². The highest BCUT2D eigenvalue weighted by Gasteiger charge is 2.44. The number of aromatic nitrogens is 2. The van der Waals surface area contributed by atoms with Crippen molar-refractivity contribution < 1.29 is 57.2 Å². The van der Waals surface area contributed by atoms with Crippen LogP contribution in [0.3, 0.4) is 0 Å². The van der Waals surface area contributed by atoms with Gasteiger partial charge in [-0.05, 0) is 0 Å². The van der Waals surface area contributed by atoms with Crippen molar-refractivity contribution in [1.82, 2.24) is 9.55 Å². The van der Waals surface area contributed by atoms with Gasteiger partial charge in [-0.3, -0.25) is 9.09 Å². The van der Waals surface area contributed by atoms with E-state index in [0.717, 1.165) is 10.8 Å². The van der Waals surface area contributed by atoms with Gasteiger partial charge in [0.05, 0.1) is 27.7 Å². The third-order valence-electron chi connectivity index (χ3n) is 4.33. The highest BCUT2D eigenvalue weighted by atomic mass is 31.3. The third kappa shape index (κ3) is 6.87. The van der Waals surface area contributed by atoms with E-state index in [9.17, 15) is 34.1 Å². The highest BCUT2D eigenvalue weighted by Crippen LogP contribution is 2.59. The summed E-state index contributed by atoms with van der Waals surface area (Å²) in [5.74, 6) is -0.437. The molecular weight excluding hydrogens is 478 g/mol. The zero-order chi connectivity index (χ0) is 24.6. The smallest absolute Gasteiger partial charge is 0.394 e. The van der Waals surface area contributed by atoms with Gasteiger partial charge in [-0.2, -0.15) is 9.29 Å². The van der Waals surface area contributed by atoms with Crippen molar-refractivity contribution in [2.24, 2.45) is 0 Å². The summed E-state index contributed by atoms with van der Waals surface area (Å²) in [6, 6.07) is 0. The van der Waals surface area contributed by atoms with Crippen LogP contribution in [0.5, 0.6) is 0 Å². The summed E-state index contributed by atoms with van der Waals surface area (Å²) in [7, 11) is -5.75. The first-order valence-corrected chi connectivity index (χ1v) is 12.1. The summed E-state index contributed by atoms with van der Waals surface area (Å²) < 4.78 is 38.1. The number of likely N-dealkylation sites (N-methyl/N-ethyl adjacent to an activating group) is 1. The molecule has 0 amide bonds. The molecule has 1 fully saturated rings. The number of aliphatic hydroxyl groups excluding tert-OH is 3. The van der Waals surface area contributed by atoms with E-state index in [-0.39, 0.29) is 16.6 Å². The summed E-state index contributed by atoms with van der Waals surface area (Å²) in [6.45, 7) is -0.769. The number of ether oxygens (including phenoxy) is 1. The molecule has 6 atom stereocenters. The quantitative estimate of drug-likeness (QED) is 0.135. The standard InChI is InChI=1S/C14H26N4O12P2/c1-18(2,3)5-8(29-32(26,27)30-31(23,24)25)7-4-17(14(22)16-12(7)15)13-11(21)10(20)9(6-19)28-13/h4,8-11,13,19-21H,5-6H2,1-3H3,(H4-,15,16,22,23,24,25,26,27)/p+1/t8?,9-,10-,11-,13-/m1/s1. The van der Waals surface area contributed by atoms with Gasteiger partial charge in [0.25, 0.3) is 0 Å². The normalized spacial score (nSPS) is 27.3. The molecule has 1 aromatic heterocycles. The van der Waals surface area contributed by atoms with Gasteiger partial charge in [-0.25, -0.2) is 13.9 Å². The zero-order valence-corrected chi connectivity index (χ0v) is 19.1. The molecule has 2 heterocycles. The molecule has 0 spiro atoms. The molecular formula is C14H27N4O12P2+. The SMILES string of the molecule is C[N+](C)(C)CC(OP(=O)(O)OP(=O)(O)O)c1cn([C@@H]2O[C@H](CO)[C@@H](O)[C@H]2O)c(=O)nc1N. The lowest BCUT2D eigenvalue weighted by molar-refractivity contribution is -0.874. The third-order valence-corrected chi connectivity index (χ3v) is 6.53. The first-order valence-electron chi connectivity index (χ1n) is 9.03. The van der Waals surface area contributed by atoms with Crippen molar-refractivity contribution in [2.45, 2.75) is 30.6 Å². The second kappa shape index (κ2) is 9.54. The van der Waals surface area contributed by atoms with Crippen LogP contribution in [0, 0.1) is 0 Å². The Morgan fingerprint density at radius 1 is 1.25 bits per heavy atom. The van der Waals surface area contributed by atoms with Crippen molar-refractivity contribution in [1.29, 1.82) is 0 Å². The van der Waals surface area contributed by atoms with Gasteiger partial charge in [-0.1, -0.05) is 0 Å². The molecule has 0 saturated carbocycles. The van der Waals surface area contributed by atoms with E-state index >= 15 is 0 Å². The van der Waals surface area contributed by atoms with Gasteiger partial charge < -0.3 is 45.0 Å². The predicted molar refractivity (Wildman–Crippen MR) is 106 cm³/mol. The van der Waals surface area contributed by atoms with Gasteiger partial charge >= 0.3 is 21.3 Å². The van der Waals surface area contributed by atoms with E-state index in [0.29, 0.717) is 0 Å². The summed E-state index contributed by atoms with van der Waals surface area (Å²) in [6.07, 6.45) is -6.32. The van der Waals surface area contributed by atoms with E-state index in [4.69, 9.17) is 24.8 Å². The largest absolute Gasteiger partial charge is 0.481 e. The molecule has 1 aromatic rings. The Labute approximate surface area is 181 Å². The number of hydrogen-bond donors (Lipinski definition) is 7. The maximum atomic E-state index is 12.4. The van der Waals surface area contributed by atoms with E-state index < -0.39 is 64.4 Å². The Hall–Kier alpha value is -1.26. The second-order valence-electron chi connectivity index (χ2n) is 8.11. The number of phosphoric ester groups is 1. The van der Waals surface area contributed by atoms with Crippen LogP contribution in [0.25, 0.3) is 0 Å². The summed E-state index contributed by atoms with van der Waals surface area (Å²) >= 11 is 0. The first-order chi connectivity index (χ1) is 14.4. The molecule has 18 heteroatoms. The Kier molecular flexibility index (Phi) is 8.05. The summed E-state index contributed by atoms with van der Waals surface area (Å²) in [4.78, 5) is 43.5. The Balaban J connectivity index is 2.52. The zero-order valence-electron chi connectivity index (χ0n) is 17.3. The lowest BCUT2D eigenvalue weighted by atomic mass is 10.1. The molecule has 2 unspecified atom stereocenters. The van der Waals surface area contributed by atoms with Crippen molar-refractivity contribution in [3.63, 3.8) is 0 Å². The average Bonchev–Trinajstić information content (AvgIpc) is 2.85. The van der Waals surface area contributed by atoms with Crippen LogP contribution in [0.15, 0.2) is 11.0 Å². The second-order valence-corrected chi connectivity index (χ2v) is 10.9. The highest BCUT2D eigenvalue weighted by molar-refractivity contribution is 7.60. The number of quaternary nitrogens is 1. The predicted octanol–water partition coefficient (Wildman–Crippen LogP) is -2.59. The van der Waals surface area contributed by atoms with Crippen LogP contribution in [-0.2, 0) is 22.7 Å². The molecule has 0 aliphatic carbocycles. The van der Waals surface area contributed by atoms with E-state index in [2.05, 4.69) is 9.29 Å². The lowest BCUT2D eigenvalue weighted by Gasteiger charge is -2.30. The Morgan fingerprint density at radius 3 is 2.31 bits per heavy atom. The van der Waals surface area contributed by atoms with Crippen LogP contribution in [0.4, 0.5) is 5.82 Å². The van der Waals surface area contributed by atoms with Gasteiger partial charge in [0.15, 0.2) is 6.23 Å². The number of nitrogens with two attached hydrogens (primary N) is 1. The van der Waals surface area contributed by atoms with Gasteiger partial charge in [0.2, 0.25) is 0 Å². The van der Waals surface area contributed by atoms with Crippen LogP contribution < -0.4 is 11.4 Å². The Morgan fingerprint density at radius 2 is 1.84 bits per heavy atom. The minimum Gasteiger partial charge on any atom is -0.394 e. The van der Waals surface area contributed by atoms with Crippen molar-refractivity contribution in [3.05, 3.63) is 22.2 Å². The number of rotatable bonds is 9. The van der Waals surface area contributed by atoms with E-state index in [1.165, 1.54) is 0 Å². The van der Waals surface area contributed by atoms with Crippen molar-refractivity contribution in [2.75, 3.05) is 40.0 Å².